The monoisotopic (exact) mass is 227 g/mol. The molecule has 0 saturated heterocycles. The Morgan fingerprint density at radius 3 is 2.62 bits per heavy atom. The van der Waals surface area contributed by atoms with Crippen LogP contribution in [0, 0.1) is 0 Å². The van der Waals surface area contributed by atoms with Gasteiger partial charge < -0.3 is 14.6 Å². The Kier molecular flexibility index (Phi) is 3.72. The largest absolute Gasteiger partial charge is 0.478 e. The molecule has 0 amide bonds. The molecule has 1 aromatic rings. The van der Waals surface area contributed by atoms with E-state index in [0.29, 0.717) is 12.3 Å². The van der Waals surface area contributed by atoms with Gasteiger partial charge in [-0.2, -0.15) is 0 Å². The Morgan fingerprint density at radius 1 is 1.56 bits per heavy atom. The van der Waals surface area contributed by atoms with E-state index in [9.17, 15) is 4.79 Å². The molecule has 90 valence electrons. The number of carboxylic acids is 1. The first-order valence-corrected chi connectivity index (χ1v) is 4.99. The Hall–Kier alpha value is -1.33. The minimum Gasteiger partial charge on any atom is -0.478 e. The maximum atomic E-state index is 10.6. The van der Waals surface area contributed by atoms with Crippen molar-refractivity contribution < 1.29 is 19.4 Å². The SMILES string of the molecule is CN(Cc1cc(C(=O)O)co1)C(C)(C)CO. The van der Waals surface area contributed by atoms with Crippen LogP contribution in [0.25, 0.3) is 0 Å². The summed E-state index contributed by atoms with van der Waals surface area (Å²) in [6, 6.07) is 1.49. The molecule has 0 aromatic carbocycles. The first-order valence-electron chi connectivity index (χ1n) is 4.99. The minimum atomic E-state index is -1.00. The lowest BCUT2D eigenvalue weighted by Gasteiger charge is -2.33. The number of aliphatic hydroxyl groups is 1. The van der Waals surface area contributed by atoms with Crippen molar-refractivity contribution in [3.8, 4) is 0 Å². The van der Waals surface area contributed by atoms with E-state index in [1.165, 1.54) is 12.3 Å². The summed E-state index contributed by atoms with van der Waals surface area (Å²) in [4.78, 5) is 12.5. The molecule has 0 radical (unpaired) electrons. The molecule has 0 atom stereocenters. The number of carbonyl (C=O) groups is 1. The number of hydrogen-bond acceptors (Lipinski definition) is 4. The predicted octanol–water partition coefficient (Wildman–Crippen LogP) is 1.18. The molecule has 0 aliphatic rings. The molecule has 1 rings (SSSR count). The predicted molar refractivity (Wildman–Crippen MR) is 58.3 cm³/mol. The number of hydrogen-bond donors (Lipinski definition) is 2. The molecule has 5 nitrogen and oxygen atoms in total. The third-order valence-corrected chi connectivity index (χ3v) is 2.71. The van der Waals surface area contributed by atoms with Crippen molar-refractivity contribution in [2.24, 2.45) is 0 Å². The van der Waals surface area contributed by atoms with Crippen molar-refractivity contribution in [2.75, 3.05) is 13.7 Å². The van der Waals surface area contributed by atoms with Gasteiger partial charge >= 0.3 is 5.97 Å². The minimum absolute atomic E-state index is 0.0238. The second-order valence-corrected chi connectivity index (χ2v) is 4.43. The van der Waals surface area contributed by atoms with Gasteiger partial charge in [0, 0.05) is 5.54 Å². The smallest absolute Gasteiger partial charge is 0.338 e. The number of aromatic carboxylic acids is 1. The Morgan fingerprint density at radius 2 is 2.19 bits per heavy atom. The molecule has 1 aromatic heterocycles. The zero-order chi connectivity index (χ0) is 12.3. The summed E-state index contributed by atoms with van der Waals surface area (Å²) >= 11 is 0. The van der Waals surface area contributed by atoms with Gasteiger partial charge in [0.2, 0.25) is 0 Å². The molecular formula is C11H17NO4. The van der Waals surface area contributed by atoms with Gasteiger partial charge in [-0.1, -0.05) is 0 Å². The van der Waals surface area contributed by atoms with Crippen LogP contribution in [0.1, 0.15) is 30.0 Å². The number of nitrogens with zero attached hydrogens (tertiary/aromatic N) is 1. The molecular weight excluding hydrogens is 210 g/mol. The van der Waals surface area contributed by atoms with Gasteiger partial charge in [0.25, 0.3) is 0 Å². The van der Waals surface area contributed by atoms with Gasteiger partial charge in [0.05, 0.1) is 18.7 Å². The number of aliphatic hydroxyl groups excluding tert-OH is 1. The normalized spacial score (nSPS) is 12.1. The summed E-state index contributed by atoms with van der Waals surface area (Å²) in [5, 5.41) is 17.9. The van der Waals surface area contributed by atoms with Crippen LogP contribution in [-0.2, 0) is 6.54 Å². The van der Waals surface area contributed by atoms with Crippen molar-refractivity contribution in [3.05, 3.63) is 23.7 Å². The second kappa shape index (κ2) is 4.67. The molecule has 0 saturated carbocycles. The van der Waals surface area contributed by atoms with Crippen LogP contribution in [-0.4, -0.2) is 40.3 Å². The Labute approximate surface area is 94.3 Å². The average Bonchev–Trinajstić information content (AvgIpc) is 2.66. The van der Waals surface area contributed by atoms with Gasteiger partial charge in [-0.05, 0) is 27.0 Å². The van der Waals surface area contributed by atoms with Crippen molar-refractivity contribution in [3.63, 3.8) is 0 Å². The average molecular weight is 227 g/mol. The first kappa shape index (κ1) is 12.7. The highest BCUT2D eigenvalue weighted by atomic mass is 16.4. The van der Waals surface area contributed by atoms with Crippen LogP contribution < -0.4 is 0 Å². The number of carboxylic acid groups (broad SMARTS) is 1. The summed E-state index contributed by atoms with van der Waals surface area (Å²) in [6.45, 7) is 4.28. The standard InChI is InChI=1S/C11H17NO4/c1-11(2,7-13)12(3)5-9-4-8(6-16-9)10(14)15/h4,6,13H,5,7H2,1-3H3,(H,14,15). The molecule has 0 aliphatic carbocycles. The Balaban J connectivity index is 2.70. The van der Waals surface area contributed by atoms with E-state index >= 15 is 0 Å². The summed E-state index contributed by atoms with van der Waals surface area (Å²) in [7, 11) is 1.85. The molecule has 2 N–H and O–H groups in total. The zero-order valence-electron chi connectivity index (χ0n) is 9.73. The quantitative estimate of drug-likeness (QED) is 0.790. The fourth-order valence-corrected chi connectivity index (χ4v) is 1.14. The topological polar surface area (TPSA) is 73.9 Å². The summed E-state index contributed by atoms with van der Waals surface area (Å²) in [5.41, 5.74) is -0.221. The second-order valence-electron chi connectivity index (χ2n) is 4.43. The van der Waals surface area contributed by atoms with Gasteiger partial charge in [-0.25, -0.2) is 4.79 Å². The van der Waals surface area contributed by atoms with E-state index in [1.807, 2.05) is 25.8 Å². The lowest BCUT2D eigenvalue weighted by molar-refractivity contribution is 0.0682. The highest BCUT2D eigenvalue weighted by molar-refractivity contribution is 5.87. The van der Waals surface area contributed by atoms with Crippen LogP contribution >= 0.6 is 0 Å². The van der Waals surface area contributed by atoms with Gasteiger partial charge in [-0.3, -0.25) is 4.90 Å². The molecule has 16 heavy (non-hydrogen) atoms. The fraction of sp³-hybridized carbons (Fsp3) is 0.545. The number of furan rings is 1. The van der Waals surface area contributed by atoms with Crippen LogP contribution in [0.4, 0.5) is 0 Å². The van der Waals surface area contributed by atoms with E-state index in [4.69, 9.17) is 14.6 Å². The maximum absolute atomic E-state index is 10.6. The Bertz CT molecular complexity index is 370. The lowest BCUT2D eigenvalue weighted by Crippen LogP contribution is -2.43. The van der Waals surface area contributed by atoms with Crippen LogP contribution in [0.2, 0.25) is 0 Å². The molecule has 0 spiro atoms. The molecule has 0 unspecified atom stereocenters. The maximum Gasteiger partial charge on any atom is 0.338 e. The summed E-state index contributed by atoms with van der Waals surface area (Å²) in [6.07, 6.45) is 1.22. The van der Waals surface area contributed by atoms with Crippen molar-refractivity contribution in [1.82, 2.24) is 4.90 Å². The zero-order valence-corrected chi connectivity index (χ0v) is 9.73. The first-order chi connectivity index (χ1) is 7.36. The third kappa shape index (κ3) is 2.84. The molecule has 0 bridgehead atoms. The van der Waals surface area contributed by atoms with Crippen LogP contribution in [0.15, 0.2) is 16.7 Å². The van der Waals surface area contributed by atoms with Gasteiger partial charge in [0.1, 0.15) is 12.0 Å². The molecule has 1 heterocycles. The highest BCUT2D eigenvalue weighted by Gasteiger charge is 2.23. The summed E-state index contributed by atoms with van der Waals surface area (Å²) in [5.74, 6) is -0.430. The van der Waals surface area contributed by atoms with E-state index in [0.717, 1.165) is 0 Å². The van der Waals surface area contributed by atoms with Gasteiger partial charge in [-0.15, -0.1) is 0 Å². The number of likely N-dealkylation sites (N-methyl/N-ethyl adjacent to an activating group) is 1. The van der Waals surface area contributed by atoms with Crippen LogP contribution in [0.5, 0.6) is 0 Å². The lowest BCUT2D eigenvalue weighted by atomic mass is 10.1. The third-order valence-electron chi connectivity index (χ3n) is 2.71. The van der Waals surface area contributed by atoms with Crippen molar-refractivity contribution >= 4 is 5.97 Å². The van der Waals surface area contributed by atoms with Gasteiger partial charge in [0.15, 0.2) is 0 Å². The summed E-state index contributed by atoms with van der Waals surface area (Å²) < 4.78 is 5.13. The number of rotatable bonds is 5. The molecule has 0 aliphatic heterocycles. The van der Waals surface area contributed by atoms with E-state index in [1.54, 1.807) is 0 Å². The highest BCUT2D eigenvalue weighted by Crippen LogP contribution is 2.16. The molecule has 5 heteroatoms. The van der Waals surface area contributed by atoms with E-state index in [-0.39, 0.29) is 17.7 Å². The van der Waals surface area contributed by atoms with Crippen LogP contribution in [0.3, 0.4) is 0 Å². The van der Waals surface area contributed by atoms with Crippen molar-refractivity contribution in [1.29, 1.82) is 0 Å². The van der Waals surface area contributed by atoms with E-state index < -0.39 is 5.97 Å². The van der Waals surface area contributed by atoms with Crippen molar-refractivity contribution in [2.45, 2.75) is 25.9 Å². The fourth-order valence-electron chi connectivity index (χ4n) is 1.14. The van der Waals surface area contributed by atoms with E-state index in [2.05, 4.69) is 0 Å². The molecule has 0 fully saturated rings.